The Kier molecular flexibility index (Phi) is 8.26. The van der Waals surface area contributed by atoms with Gasteiger partial charge in [0, 0.05) is 12.1 Å². The van der Waals surface area contributed by atoms with Gasteiger partial charge in [-0.25, -0.2) is 4.79 Å². The van der Waals surface area contributed by atoms with Crippen LogP contribution in [0.25, 0.3) is 0 Å². The summed E-state index contributed by atoms with van der Waals surface area (Å²) in [6, 6.07) is 14.5. The average Bonchev–Trinajstić information content (AvgIpc) is 3.19. The van der Waals surface area contributed by atoms with Crippen molar-refractivity contribution in [2.24, 2.45) is 0 Å². The van der Waals surface area contributed by atoms with Crippen LogP contribution in [0.15, 0.2) is 48.5 Å². The van der Waals surface area contributed by atoms with Gasteiger partial charge < -0.3 is 24.8 Å². The minimum Gasteiger partial charge on any atom is -0.493 e. The van der Waals surface area contributed by atoms with Gasteiger partial charge in [-0.15, -0.1) is 11.3 Å². The number of carbonyl (C=O) groups is 3. The number of nitrogens with one attached hydrogen (secondary N) is 2. The van der Waals surface area contributed by atoms with Crippen molar-refractivity contribution in [3.05, 3.63) is 75.7 Å². The molecule has 9 heteroatoms. The molecule has 2 amide bonds. The smallest absolute Gasteiger partial charge is 0.341 e. The van der Waals surface area contributed by atoms with E-state index in [1.807, 2.05) is 30.3 Å². The van der Waals surface area contributed by atoms with Crippen LogP contribution in [0.3, 0.4) is 0 Å². The van der Waals surface area contributed by atoms with Crippen molar-refractivity contribution < 1.29 is 28.6 Å². The van der Waals surface area contributed by atoms with Crippen LogP contribution in [0.5, 0.6) is 11.5 Å². The van der Waals surface area contributed by atoms with Crippen LogP contribution in [-0.2, 0) is 11.2 Å². The fraction of sp³-hybridized carbons (Fsp3) is 0.240. The van der Waals surface area contributed by atoms with Crippen molar-refractivity contribution in [1.82, 2.24) is 5.32 Å². The van der Waals surface area contributed by atoms with Crippen LogP contribution in [0.2, 0.25) is 0 Å². The Morgan fingerprint density at radius 3 is 2.26 bits per heavy atom. The molecule has 34 heavy (non-hydrogen) atoms. The number of amides is 2. The lowest BCUT2D eigenvalue weighted by Gasteiger charge is -2.10. The summed E-state index contributed by atoms with van der Waals surface area (Å²) in [7, 11) is 4.22. The molecule has 0 saturated carbocycles. The lowest BCUT2D eigenvalue weighted by atomic mass is 10.1. The normalized spacial score (nSPS) is 10.4. The highest BCUT2D eigenvalue weighted by atomic mass is 32.1. The Balaban J connectivity index is 1.81. The van der Waals surface area contributed by atoms with Crippen molar-refractivity contribution in [3.8, 4) is 11.5 Å². The topological polar surface area (TPSA) is 103 Å². The molecule has 0 saturated heterocycles. The Morgan fingerprint density at radius 1 is 0.912 bits per heavy atom. The van der Waals surface area contributed by atoms with E-state index in [0.29, 0.717) is 40.5 Å². The van der Waals surface area contributed by atoms with Gasteiger partial charge in [0.1, 0.15) is 5.00 Å². The van der Waals surface area contributed by atoms with Gasteiger partial charge in [0.2, 0.25) is 0 Å². The van der Waals surface area contributed by atoms with Crippen molar-refractivity contribution in [2.45, 2.75) is 13.3 Å². The molecule has 0 aliphatic carbocycles. The molecule has 2 aromatic carbocycles. The summed E-state index contributed by atoms with van der Waals surface area (Å²) in [4.78, 5) is 38.5. The summed E-state index contributed by atoms with van der Waals surface area (Å²) in [6.45, 7) is 2.09. The van der Waals surface area contributed by atoms with E-state index in [0.717, 1.165) is 16.9 Å². The van der Waals surface area contributed by atoms with Gasteiger partial charge in [0.25, 0.3) is 11.8 Å². The molecule has 178 valence electrons. The van der Waals surface area contributed by atoms with Gasteiger partial charge in [0.15, 0.2) is 11.5 Å². The lowest BCUT2D eigenvalue weighted by molar-refractivity contribution is 0.0601. The fourth-order valence-corrected chi connectivity index (χ4v) is 4.47. The first-order chi connectivity index (χ1) is 16.4. The highest BCUT2D eigenvalue weighted by Gasteiger charge is 2.26. The van der Waals surface area contributed by atoms with Gasteiger partial charge in [0.05, 0.1) is 31.8 Å². The number of carbonyl (C=O) groups excluding carboxylic acids is 3. The van der Waals surface area contributed by atoms with Crippen LogP contribution in [-0.4, -0.2) is 45.7 Å². The zero-order valence-electron chi connectivity index (χ0n) is 19.4. The Labute approximate surface area is 201 Å². The molecule has 3 aromatic rings. The Bertz CT molecular complexity index is 1190. The van der Waals surface area contributed by atoms with Gasteiger partial charge in [-0.05, 0) is 42.7 Å². The van der Waals surface area contributed by atoms with Crippen molar-refractivity contribution in [3.63, 3.8) is 0 Å². The molecule has 0 aliphatic rings. The first-order valence-corrected chi connectivity index (χ1v) is 11.3. The maximum absolute atomic E-state index is 12.9. The summed E-state index contributed by atoms with van der Waals surface area (Å²) < 4.78 is 15.3. The minimum absolute atomic E-state index is 0.148. The molecule has 8 nitrogen and oxygen atoms in total. The van der Waals surface area contributed by atoms with Crippen molar-refractivity contribution >= 4 is 34.1 Å². The largest absolute Gasteiger partial charge is 0.493 e. The van der Waals surface area contributed by atoms with E-state index in [2.05, 4.69) is 10.6 Å². The zero-order chi connectivity index (χ0) is 24.7. The van der Waals surface area contributed by atoms with E-state index < -0.39 is 11.9 Å². The maximum Gasteiger partial charge on any atom is 0.341 e. The summed E-state index contributed by atoms with van der Waals surface area (Å²) in [5, 5.41) is 5.84. The number of esters is 1. The van der Waals surface area contributed by atoms with E-state index in [1.165, 1.54) is 27.4 Å². The molecule has 0 radical (unpaired) electrons. The molecule has 0 aliphatic heterocycles. The predicted octanol–water partition coefficient (Wildman–Crippen LogP) is 4.09. The van der Waals surface area contributed by atoms with Crippen LogP contribution < -0.4 is 20.1 Å². The zero-order valence-corrected chi connectivity index (χ0v) is 20.2. The first kappa shape index (κ1) is 24.8. The first-order valence-electron chi connectivity index (χ1n) is 10.5. The second kappa shape index (κ2) is 11.3. The fourth-order valence-electron chi connectivity index (χ4n) is 3.36. The van der Waals surface area contributed by atoms with Crippen molar-refractivity contribution in [1.29, 1.82) is 0 Å². The second-order valence-electron chi connectivity index (χ2n) is 7.27. The predicted molar refractivity (Wildman–Crippen MR) is 130 cm³/mol. The summed E-state index contributed by atoms with van der Waals surface area (Å²) >= 11 is 1.02. The summed E-state index contributed by atoms with van der Waals surface area (Å²) in [6.07, 6.45) is 0.670. The highest BCUT2D eigenvalue weighted by molar-refractivity contribution is 7.18. The van der Waals surface area contributed by atoms with E-state index in [-0.39, 0.29) is 16.5 Å². The van der Waals surface area contributed by atoms with E-state index in [4.69, 9.17) is 14.2 Å². The van der Waals surface area contributed by atoms with Gasteiger partial charge in [-0.3, -0.25) is 9.59 Å². The number of hydrogen-bond acceptors (Lipinski definition) is 7. The minimum atomic E-state index is -0.639. The number of methoxy groups -OCH3 is 3. The average molecular weight is 483 g/mol. The highest BCUT2D eigenvalue weighted by Crippen LogP contribution is 2.35. The summed E-state index contributed by atoms with van der Waals surface area (Å²) in [5.74, 6) is -0.557. The molecule has 0 unspecified atom stereocenters. The molecule has 3 rings (SSSR count). The van der Waals surface area contributed by atoms with Gasteiger partial charge >= 0.3 is 5.97 Å². The standard InChI is InChI=1S/C25H26N2O6S/c1-15-20(25(30)33-4)24(27-22(28)17-10-11-18(31-2)19(14-17)32-3)34-21(15)23(29)26-13-12-16-8-6-5-7-9-16/h5-11,14H,12-13H2,1-4H3,(H,26,29)(H,27,28). The van der Waals surface area contributed by atoms with E-state index >= 15 is 0 Å². The van der Waals surface area contributed by atoms with Crippen LogP contribution in [0, 0.1) is 6.92 Å². The van der Waals surface area contributed by atoms with Crippen LogP contribution >= 0.6 is 11.3 Å². The molecule has 1 aromatic heterocycles. The monoisotopic (exact) mass is 482 g/mol. The number of thiophene rings is 1. The van der Waals surface area contributed by atoms with Crippen LogP contribution in [0.4, 0.5) is 5.00 Å². The van der Waals surface area contributed by atoms with Gasteiger partial charge in [-0.2, -0.15) is 0 Å². The third-order valence-electron chi connectivity index (χ3n) is 5.16. The van der Waals surface area contributed by atoms with Gasteiger partial charge in [-0.1, -0.05) is 30.3 Å². The summed E-state index contributed by atoms with van der Waals surface area (Å²) in [5.41, 5.74) is 1.99. The Morgan fingerprint density at radius 2 is 1.62 bits per heavy atom. The molecule has 0 fully saturated rings. The van der Waals surface area contributed by atoms with E-state index in [1.54, 1.807) is 19.1 Å². The molecular formula is C25H26N2O6S. The maximum atomic E-state index is 12.9. The Hall–Kier alpha value is -3.85. The number of anilines is 1. The molecule has 0 bridgehead atoms. The number of rotatable bonds is 9. The van der Waals surface area contributed by atoms with E-state index in [9.17, 15) is 14.4 Å². The second-order valence-corrected chi connectivity index (χ2v) is 8.29. The third-order valence-corrected chi connectivity index (χ3v) is 6.36. The van der Waals surface area contributed by atoms with Crippen molar-refractivity contribution in [2.75, 3.05) is 33.2 Å². The van der Waals surface area contributed by atoms with Crippen LogP contribution in [0.1, 0.15) is 41.5 Å². The lowest BCUT2D eigenvalue weighted by Crippen LogP contribution is -2.25. The number of hydrogen-bond donors (Lipinski definition) is 2. The molecule has 2 N–H and O–H groups in total. The number of benzene rings is 2. The quantitative estimate of drug-likeness (QED) is 0.446. The SMILES string of the molecule is COC(=O)c1c(NC(=O)c2ccc(OC)c(OC)c2)sc(C(=O)NCCc2ccccc2)c1C. The molecular weight excluding hydrogens is 456 g/mol. The molecule has 0 atom stereocenters. The molecule has 0 spiro atoms. The third kappa shape index (κ3) is 5.55. The number of ether oxygens (including phenoxy) is 3. The molecule has 1 heterocycles.